The second kappa shape index (κ2) is 4.63. The fourth-order valence-electron chi connectivity index (χ4n) is 2.92. The predicted octanol–water partition coefficient (Wildman–Crippen LogP) is 1.97. The van der Waals surface area contributed by atoms with E-state index < -0.39 is 0 Å². The van der Waals surface area contributed by atoms with E-state index in [9.17, 15) is 0 Å². The van der Waals surface area contributed by atoms with Crippen molar-refractivity contribution in [2.75, 3.05) is 13.2 Å². The van der Waals surface area contributed by atoms with Crippen LogP contribution >= 0.6 is 0 Å². The van der Waals surface area contributed by atoms with E-state index in [1.54, 1.807) is 0 Å². The molecule has 0 aromatic rings. The molecule has 2 heterocycles. The first-order chi connectivity index (χ1) is 7.49. The lowest BCUT2D eigenvalue weighted by atomic mass is 9.98. The maximum Gasteiger partial charge on any atom is 0.124 e. The standard InChI is InChI=1S/C13H26N2O/c1-10(2)15-8-6-5-7-11(15)12-14-13(3,4)9-16-12/h10-12,14H,5-9H2,1-4H3. The van der Waals surface area contributed by atoms with Crippen molar-refractivity contribution in [3.05, 3.63) is 0 Å². The molecule has 16 heavy (non-hydrogen) atoms. The van der Waals surface area contributed by atoms with Crippen LogP contribution in [0.1, 0.15) is 47.0 Å². The van der Waals surface area contributed by atoms with E-state index in [4.69, 9.17) is 4.74 Å². The Labute approximate surface area is 99.5 Å². The van der Waals surface area contributed by atoms with Crippen LogP contribution in [0.15, 0.2) is 0 Å². The van der Waals surface area contributed by atoms with Gasteiger partial charge in [-0.2, -0.15) is 0 Å². The number of hydrogen-bond donors (Lipinski definition) is 1. The molecule has 2 saturated heterocycles. The molecule has 2 rings (SSSR count). The smallest absolute Gasteiger partial charge is 0.124 e. The highest BCUT2D eigenvalue weighted by Gasteiger charge is 2.39. The van der Waals surface area contributed by atoms with Gasteiger partial charge in [-0.25, -0.2) is 0 Å². The molecule has 0 bridgehead atoms. The van der Waals surface area contributed by atoms with Gasteiger partial charge in [-0.15, -0.1) is 0 Å². The summed E-state index contributed by atoms with van der Waals surface area (Å²) < 4.78 is 5.94. The van der Waals surface area contributed by atoms with Crippen LogP contribution in [0, 0.1) is 0 Å². The molecule has 0 radical (unpaired) electrons. The van der Waals surface area contributed by atoms with Gasteiger partial charge in [0.15, 0.2) is 0 Å². The molecule has 94 valence electrons. The Hall–Kier alpha value is -0.120. The molecule has 0 spiro atoms. The lowest BCUT2D eigenvalue weighted by Crippen LogP contribution is -2.55. The van der Waals surface area contributed by atoms with E-state index in [1.807, 2.05) is 0 Å². The summed E-state index contributed by atoms with van der Waals surface area (Å²) in [5.74, 6) is 0. The third-order valence-corrected chi connectivity index (χ3v) is 3.76. The second-order valence-electron chi connectivity index (χ2n) is 6.15. The van der Waals surface area contributed by atoms with Gasteiger partial charge in [0, 0.05) is 17.6 Å². The van der Waals surface area contributed by atoms with Crippen molar-refractivity contribution in [2.45, 2.75) is 70.8 Å². The van der Waals surface area contributed by atoms with Gasteiger partial charge in [-0.05, 0) is 47.1 Å². The summed E-state index contributed by atoms with van der Waals surface area (Å²) in [6.45, 7) is 11.1. The van der Waals surface area contributed by atoms with Crippen molar-refractivity contribution in [3.63, 3.8) is 0 Å². The maximum absolute atomic E-state index is 5.94. The average Bonchev–Trinajstić information content (AvgIpc) is 2.59. The minimum Gasteiger partial charge on any atom is -0.360 e. The number of nitrogens with zero attached hydrogens (tertiary/aromatic N) is 1. The number of rotatable bonds is 2. The van der Waals surface area contributed by atoms with Crippen LogP contribution in [0.2, 0.25) is 0 Å². The number of nitrogens with one attached hydrogen (secondary N) is 1. The number of piperidine rings is 1. The normalized spacial score (nSPS) is 35.8. The van der Waals surface area contributed by atoms with E-state index >= 15 is 0 Å². The summed E-state index contributed by atoms with van der Waals surface area (Å²) in [4.78, 5) is 2.60. The lowest BCUT2D eigenvalue weighted by Gasteiger charge is -2.41. The SMILES string of the molecule is CC(C)N1CCCCC1C1NC(C)(C)CO1. The second-order valence-corrected chi connectivity index (χ2v) is 6.15. The van der Waals surface area contributed by atoms with Crippen LogP contribution in [0.25, 0.3) is 0 Å². The molecule has 0 saturated carbocycles. The van der Waals surface area contributed by atoms with Crippen molar-refractivity contribution in [1.29, 1.82) is 0 Å². The highest BCUT2D eigenvalue weighted by atomic mass is 16.5. The Bertz CT molecular complexity index is 240. The Morgan fingerprint density at radius 3 is 2.62 bits per heavy atom. The first kappa shape index (κ1) is 12.3. The molecule has 2 atom stereocenters. The van der Waals surface area contributed by atoms with Gasteiger partial charge in [-0.3, -0.25) is 10.2 Å². The molecule has 3 nitrogen and oxygen atoms in total. The van der Waals surface area contributed by atoms with Crippen LogP contribution in [-0.2, 0) is 4.74 Å². The lowest BCUT2D eigenvalue weighted by molar-refractivity contribution is -0.0159. The van der Waals surface area contributed by atoms with Gasteiger partial charge >= 0.3 is 0 Å². The average molecular weight is 226 g/mol. The zero-order valence-electron chi connectivity index (χ0n) is 11.1. The zero-order chi connectivity index (χ0) is 11.8. The van der Waals surface area contributed by atoms with Gasteiger partial charge < -0.3 is 4.74 Å². The Balaban J connectivity index is 2.01. The van der Waals surface area contributed by atoms with Crippen LogP contribution in [0.4, 0.5) is 0 Å². The topological polar surface area (TPSA) is 24.5 Å². The van der Waals surface area contributed by atoms with Crippen LogP contribution < -0.4 is 5.32 Å². The summed E-state index contributed by atoms with van der Waals surface area (Å²) in [7, 11) is 0. The predicted molar refractivity (Wildman–Crippen MR) is 66.4 cm³/mol. The molecule has 2 aliphatic rings. The summed E-state index contributed by atoms with van der Waals surface area (Å²) in [5.41, 5.74) is 0.144. The van der Waals surface area contributed by atoms with Crippen LogP contribution in [-0.4, -0.2) is 41.9 Å². The van der Waals surface area contributed by atoms with Crippen molar-refractivity contribution < 1.29 is 4.74 Å². The zero-order valence-corrected chi connectivity index (χ0v) is 11.1. The molecule has 2 unspecified atom stereocenters. The molecule has 1 N–H and O–H groups in total. The summed E-state index contributed by atoms with van der Waals surface area (Å²) >= 11 is 0. The molecule has 0 aromatic heterocycles. The summed E-state index contributed by atoms with van der Waals surface area (Å²) in [6.07, 6.45) is 4.18. The largest absolute Gasteiger partial charge is 0.360 e. The number of hydrogen-bond acceptors (Lipinski definition) is 3. The monoisotopic (exact) mass is 226 g/mol. The Morgan fingerprint density at radius 1 is 1.31 bits per heavy atom. The van der Waals surface area contributed by atoms with Gasteiger partial charge in [0.05, 0.1) is 6.61 Å². The van der Waals surface area contributed by atoms with Crippen molar-refractivity contribution in [1.82, 2.24) is 10.2 Å². The van der Waals surface area contributed by atoms with Crippen molar-refractivity contribution in [3.8, 4) is 0 Å². The quantitative estimate of drug-likeness (QED) is 0.779. The van der Waals surface area contributed by atoms with E-state index in [0.29, 0.717) is 12.1 Å². The van der Waals surface area contributed by atoms with Gasteiger partial charge in [0.1, 0.15) is 6.23 Å². The van der Waals surface area contributed by atoms with Gasteiger partial charge in [-0.1, -0.05) is 6.42 Å². The highest BCUT2D eigenvalue weighted by Crippen LogP contribution is 2.27. The summed E-state index contributed by atoms with van der Waals surface area (Å²) in [6, 6.07) is 1.19. The summed E-state index contributed by atoms with van der Waals surface area (Å²) in [5, 5.41) is 3.62. The molecule has 2 aliphatic heterocycles. The van der Waals surface area contributed by atoms with Crippen LogP contribution in [0.5, 0.6) is 0 Å². The van der Waals surface area contributed by atoms with E-state index in [-0.39, 0.29) is 11.8 Å². The molecular weight excluding hydrogens is 200 g/mol. The van der Waals surface area contributed by atoms with Crippen molar-refractivity contribution in [2.24, 2.45) is 0 Å². The van der Waals surface area contributed by atoms with Gasteiger partial charge in [0.25, 0.3) is 0 Å². The Kier molecular flexibility index (Phi) is 3.57. The highest BCUT2D eigenvalue weighted by molar-refractivity contribution is 4.93. The fraction of sp³-hybridized carbons (Fsp3) is 1.00. The Morgan fingerprint density at radius 2 is 2.06 bits per heavy atom. The fourth-order valence-corrected chi connectivity index (χ4v) is 2.92. The van der Waals surface area contributed by atoms with Crippen molar-refractivity contribution >= 4 is 0 Å². The van der Waals surface area contributed by atoms with Crippen LogP contribution in [0.3, 0.4) is 0 Å². The minimum absolute atomic E-state index is 0.144. The molecule has 3 heteroatoms. The maximum atomic E-state index is 5.94. The van der Waals surface area contributed by atoms with E-state index in [0.717, 1.165) is 6.61 Å². The van der Waals surface area contributed by atoms with E-state index in [2.05, 4.69) is 37.9 Å². The first-order valence-electron chi connectivity index (χ1n) is 6.65. The third kappa shape index (κ3) is 2.58. The molecule has 0 aliphatic carbocycles. The van der Waals surface area contributed by atoms with Gasteiger partial charge in [0.2, 0.25) is 0 Å². The molecule has 0 aromatic carbocycles. The number of likely N-dealkylation sites (tertiary alicyclic amines) is 1. The minimum atomic E-state index is 0.144. The molecule has 0 amide bonds. The van der Waals surface area contributed by atoms with E-state index in [1.165, 1.54) is 25.8 Å². The number of ether oxygens (including phenoxy) is 1. The third-order valence-electron chi connectivity index (χ3n) is 3.76. The molecular formula is C13H26N2O. The molecule has 2 fully saturated rings. The first-order valence-corrected chi connectivity index (χ1v) is 6.65.